The van der Waals surface area contributed by atoms with E-state index in [2.05, 4.69) is 10.3 Å². The van der Waals surface area contributed by atoms with E-state index in [1.165, 1.54) is 23.0 Å². The summed E-state index contributed by atoms with van der Waals surface area (Å²) in [5.74, 6) is -5.06. The zero-order valence-corrected chi connectivity index (χ0v) is 25.6. The Morgan fingerprint density at radius 2 is 1.85 bits per heavy atom. The Morgan fingerprint density at radius 3 is 2.59 bits per heavy atom. The number of methoxy groups -OCH3 is 1. The van der Waals surface area contributed by atoms with Gasteiger partial charge in [0.05, 0.1) is 29.5 Å². The number of ether oxygens (including phenoxy) is 2. The van der Waals surface area contributed by atoms with Crippen LogP contribution in [0.2, 0.25) is 5.02 Å². The standard InChI is InChI=1S/C26H28ClN3O8S3/c1-3-38-22(33)12-30-17-10-9-15(27)11-19(17)40-26(30)29-21(32)14-41(35,36)13-20(31)28-24-23(25(34)37-2)16-7-5-4-6-8-18(16)39-24/h9-11H,3-8,12-14H2,1-2H3,(H,28,31). The number of thiazole rings is 1. The summed E-state index contributed by atoms with van der Waals surface area (Å²) in [6.45, 7) is 1.58. The number of halogens is 1. The van der Waals surface area contributed by atoms with Crippen LogP contribution in [0.3, 0.4) is 0 Å². The molecule has 41 heavy (non-hydrogen) atoms. The van der Waals surface area contributed by atoms with Gasteiger partial charge in [-0.3, -0.25) is 14.4 Å². The van der Waals surface area contributed by atoms with Gasteiger partial charge in [-0.25, -0.2) is 13.2 Å². The minimum Gasteiger partial charge on any atom is -0.465 e. The van der Waals surface area contributed by atoms with Gasteiger partial charge in [0.2, 0.25) is 5.91 Å². The normalized spacial score (nSPS) is 13.9. The molecule has 11 nitrogen and oxygen atoms in total. The minimum absolute atomic E-state index is 0.0859. The molecule has 3 aromatic rings. The van der Waals surface area contributed by atoms with E-state index in [9.17, 15) is 27.6 Å². The van der Waals surface area contributed by atoms with Gasteiger partial charge in [-0.1, -0.05) is 29.4 Å². The lowest BCUT2D eigenvalue weighted by atomic mass is 10.1. The monoisotopic (exact) mass is 641 g/mol. The van der Waals surface area contributed by atoms with Crippen LogP contribution in [0.15, 0.2) is 23.2 Å². The Bertz CT molecular complexity index is 1690. The van der Waals surface area contributed by atoms with Crippen LogP contribution in [0.1, 0.15) is 47.0 Å². The number of benzene rings is 1. The van der Waals surface area contributed by atoms with E-state index in [0.29, 0.717) is 21.7 Å². The molecule has 0 spiro atoms. The zero-order valence-electron chi connectivity index (χ0n) is 22.4. The second-order valence-corrected chi connectivity index (χ2v) is 13.8. The number of carbonyl (C=O) groups is 4. The van der Waals surface area contributed by atoms with Gasteiger partial charge in [-0.15, -0.1) is 11.3 Å². The lowest BCUT2D eigenvalue weighted by Crippen LogP contribution is -2.29. The first kappa shape index (κ1) is 30.9. The summed E-state index contributed by atoms with van der Waals surface area (Å²) in [4.78, 5) is 55.2. The van der Waals surface area contributed by atoms with E-state index in [0.717, 1.165) is 47.5 Å². The Hall–Kier alpha value is -3.07. The lowest BCUT2D eigenvalue weighted by molar-refractivity contribution is -0.143. The zero-order chi connectivity index (χ0) is 29.7. The third kappa shape index (κ3) is 7.61. The number of fused-ring (bicyclic) bond motifs is 2. The molecule has 1 aromatic carbocycles. The Morgan fingerprint density at radius 1 is 1.10 bits per heavy atom. The molecule has 0 unspecified atom stereocenters. The molecular formula is C26H28ClN3O8S3. The summed E-state index contributed by atoms with van der Waals surface area (Å²) in [6.07, 6.45) is 4.30. The second-order valence-electron chi connectivity index (χ2n) is 9.23. The number of aromatic nitrogens is 1. The number of hydrogen-bond acceptors (Lipinski definition) is 10. The van der Waals surface area contributed by atoms with Crippen LogP contribution in [0.25, 0.3) is 10.2 Å². The number of hydrogen-bond donors (Lipinski definition) is 1. The van der Waals surface area contributed by atoms with Crippen molar-refractivity contribution in [2.45, 2.75) is 45.6 Å². The quantitative estimate of drug-likeness (QED) is 0.275. The number of carbonyl (C=O) groups excluding carboxylic acids is 4. The average Bonchev–Trinajstić information content (AvgIpc) is 3.28. The van der Waals surface area contributed by atoms with Crippen LogP contribution in [0, 0.1) is 0 Å². The Balaban J connectivity index is 1.53. The van der Waals surface area contributed by atoms with Gasteiger partial charge >= 0.3 is 11.9 Å². The topological polar surface area (TPSA) is 150 Å². The van der Waals surface area contributed by atoms with Crippen LogP contribution >= 0.6 is 34.3 Å². The van der Waals surface area contributed by atoms with Gasteiger partial charge in [-0.05, 0) is 56.4 Å². The fourth-order valence-corrected chi connectivity index (χ4v) is 8.14. The molecule has 0 aliphatic heterocycles. The van der Waals surface area contributed by atoms with E-state index in [1.54, 1.807) is 25.1 Å². The van der Waals surface area contributed by atoms with Crippen molar-refractivity contribution >= 4 is 83.1 Å². The van der Waals surface area contributed by atoms with Crippen molar-refractivity contribution in [1.82, 2.24) is 4.57 Å². The fraction of sp³-hybridized carbons (Fsp3) is 0.423. The highest BCUT2D eigenvalue weighted by Gasteiger charge is 2.28. The maximum Gasteiger partial charge on any atom is 0.341 e. The third-order valence-corrected chi connectivity index (χ3v) is 10.1. The predicted octanol–water partition coefficient (Wildman–Crippen LogP) is 3.52. The number of thiophene rings is 1. The smallest absolute Gasteiger partial charge is 0.341 e. The van der Waals surface area contributed by atoms with Crippen LogP contribution in [-0.2, 0) is 53.1 Å². The third-order valence-electron chi connectivity index (χ3n) is 6.22. The van der Waals surface area contributed by atoms with E-state index >= 15 is 0 Å². The van der Waals surface area contributed by atoms with E-state index in [1.807, 2.05) is 0 Å². The minimum atomic E-state index is -4.23. The molecule has 1 aliphatic rings. The number of aryl methyl sites for hydroxylation is 1. The number of rotatable bonds is 9. The second kappa shape index (κ2) is 13.3. The van der Waals surface area contributed by atoms with Crippen molar-refractivity contribution in [2.75, 3.05) is 30.5 Å². The molecule has 0 radical (unpaired) electrons. The molecule has 2 amide bonds. The highest BCUT2D eigenvalue weighted by Crippen LogP contribution is 2.38. The van der Waals surface area contributed by atoms with Gasteiger partial charge in [0.25, 0.3) is 5.91 Å². The number of anilines is 1. The summed E-state index contributed by atoms with van der Waals surface area (Å²) in [7, 11) is -2.99. The first-order valence-electron chi connectivity index (χ1n) is 12.8. The lowest BCUT2D eigenvalue weighted by Gasteiger charge is -2.08. The van der Waals surface area contributed by atoms with Gasteiger partial charge < -0.3 is 19.4 Å². The number of nitrogens with zero attached hydrogens (tertiary/aromatic N) is 2. The Labute approximate surface area is 249 Å². The molecule has 0 saturated heterocycles. The van der Waals surface area contributed by atoms with Crippen LogP contribution in [0.5, 0.6) is 0 Å². The first-order valence-corrected chi connectivity index (χ1v) is 16.6. The predicted molar refractivity (Wildman–Crippen MR) is 156 cm³/mol. The molecule has 0 bridgehead atoms. The molecule has 1 N–H and O–H groups in total. The molecule has 220 valence electrons. The Kier molecular flexibility index (Phi) is 10.00. The molecule has 2 heterocycles. The van der Waals surface area contributed by atoms with E-state index < -0.39 is 45.1 Å². The van der Waals surface area contributed by atoms with Gasteiger partial charge in [0.15, 0.2) is 14.6 Å². The largest absolute Gasteiger partial charge is 0.465 e. The molecule has 1 aliphatic carbocycles. The molecule has 4 rings (SSSR count). The molecule has 0 fully saturated rings. The summed E-state index contributed by atoms with van der Waals surface area (Å²) >= 11 is 8.37. The van der Waals surface area contributed by atoms with Gasteiger partial charge in [0, 0.05) is 9.90 Å². The highest BCUT2D eigenvalue weighted by molar-refractivity contribution is 7.92. The molecule has 0 atom stereocenters. The van der Waals surface area contributed by atoms with Crippen molar-refractivity contribution in [2.24, 2.45) is 4.99 Å². The summed E-state index contributed by atoms with van der Waals surface area (Å²) < 4.78 is 37.6. The molecule has 2 aromatic heterocycles. The van der Waals surface area contributed by atoms with Crippen LogP contribution < -0.4 is 10.1 Å². The maximum absolute atomic E-state index is 12.8. The van der Waals surface area contributed by atoms with Crippen molar-refractivity contribution in [1.29, 1.82) is 0 Å². The molecule has 0 saturated carbocycles. The van der Waals surface area contributed by atoms with Crippen LogP contribution in [-0.4, -0.2) is 62.0 Å². The van der Waals surface area contributed by atoms with Crippen molar-refractivity contribution in [3.63, 3.8) is 0 Å². The number of sulfone groups is 1. The number of esters is 2. The number of amides is 2. The van der Waals surface area contributed by atoms with Gasteiger partial charge in [0.1, 0.15) is 23.1 Å². The van der Waals surface area contributed by atoms with Crippen molar-refractivity contribution < 1.29 is 37.1 Å². The highest BCUT2D eigenvalue weighted by atomic mass is 35.5. The number of nitrogens with one attached hydrogen (secondary N) is 1. The van der Waals surface area contributed by atoms with E-state index in [4.69, 9.17) is 21.1 Å². The van der Waals surface area contributed by atoms with Crippen molar-refractivity contribution in [3.8, 4) is 0 Å². The van der Waals surface area contributed by atoms with Gasteiger partial charge in [-0.2, -0.15) is 4.99 Å². The fourth-order valence-electron chi connectivity index (χ4n) is 4.51. The first-order chi connectivity index (χ1) is 19.5. The average molecular weight is 642 g/mol. The van der Waals surface area contributed by atoms with Crippen LogP contribution in [0.4, 0.5) is 5.00 Å². The summed E-state index contributed by atoms with van der Waals surface area (Å²) in [5, 5.41) is 3.22. The van der Waals surface area contributed by atoms with E-state index in [-0.39, 0.29) is 28.5 Å². The molecule has 15 heteroatoms. The summed E-state index contributed by atoms with van der Waals surface area (Å²) in [5.41, 5.74) is 1.64. The summed E-state index contributed by atoms with van der Waals surface area (Å²) in [6, 6.07) is 4.91. The molecular weight excluding hydrogens is 614 g/mol. The SMILES string of the molecule is CCOC(=O)Cn1c(=NC(=O)CS(=O)(=O)CC(=O)Nc2sc3c(c2C(=O)OC)CCCCC3)sc2cc(Cl)ccc21. The van der Waals surface area contributed by atoms with Crippen molar-refractivity contribution in [3.05, 3.63) is 44.0 Å². The maximum atomic E-state index is 12.8.